The molecule has 1 aliphatic carbocycles. The van der Waals surface area contributed by atoms with Gasteiger partial charge < -0.3 is 10.2 Å². The van der Waals surface area contributed by atoms with Crippen LogP contribution in [0.4, 0.5) is 0 Å². The maximum Gasteiger partial charge on any atom is 0.0329 e. The summed E-state index contributed by atoms with van der Waals surface area (Å²) in [6, 6.07) is 9.11. The van der Waals surface area contributed by atoms with Crippen LogP contribution in [-0.4, -0.2) is 32.1 Å². The number of halogens is 1. The molecule has 1 aromatic rings. The van der Waals surface area contributed by atoms with Crippen LogP contribution in [0, 0.1) is 5.92 Å². The number of nitrogens with zero attached hydrogens (tertiary/aromatic N) is 1. The van der Waals surface area contributed by atoms with E-state index in [2.05, 4.69) is 64.5 Å². The third-order valence-corrected chi connectivity index (χ3v) is 4.74. The first-order valence-electron chi connectivity index (χ1n) is 7.30. The molecule has 1 unspecified atom stereocenters. The molecule has 3 heteroatoms. The lowest BCUT2D eigenvalue weighted by molar-refractivity contribution is 0.199. The van der Waals surface area contributed by atoms with Crippen molar-refractivity contribution in [2.45, 2.75) is 31.7 Å². The molecule has 106 valence electrons. The molecule has 0 aliphatic heterocycles. The molecule has 1 atom stereocenters. The van der Waals surface area contributed by atoms with Gasteiger partial charge in [-0.15, -0.1) is 0 Å². The molecular formula is C16H25BrN2. The van der Waals surface area contributed by atoms with Crippen molar-refractivity contribution in [3.63, 3.8) is 0 Å². The third-order valence-electron chi connectivity index (χ3n) is 4.21. The van der Waals surface area contributed by atoms with Crippen LogP contribution in [0.1, 0.15) is 37.3 Å². The molecule has 1 N–H and O–H groups in total. The van der Waals surface area contributed by atoms with E-state index < -0.39 is 0 Å². The van der Waals surface area contributed by atoms with Crippen LogP contribution in [0.15, 0.2) is 28.7 Å². The molecule has 1 saturated carbocycles. The maximum absolute atomic E-state index is 3.49. The highest BCUT2D eigenvalue weighted by molar-refractivity contribution is 9.10. The van der Waals surface area contributed by atoms with Crippen molar-refractivity contribution in [1.29, 1.82) is 0 Å². The van der Waals surface area contributed by atoms with E-state index >= 15 is 0 Å². The lowest BCUT2D eigenvalue weighted by atomic mass is 9.85. The Balaban J connectivity index is 1.79. The first-order chi connectivity index (χ1) is 9.19. The molecule has 0 heterocycles. The number of hydrogen-bond donors (Lipinski definition) is 1. The predicted molar refractivity (Wildman–Crippen MR) is 85.4 cm³/mol. The van der Waals surface area contributed by atoms with Crippen molar-refractivity contribution in [2.24, 2.45) is 5.92 Å². The molecule has 1 aromatic carbocycles. The van der Waals surface area contributed by atoms with Crippen LogP contribution in [0.25, 0.3) is 0 Å². The van der Waals surface area contributed by atoms with Gasteiger partial charge in [-0.05, 0) is 63.5 Å². The van der Waals surface area contributed by atoms with Gasteiger partial charge in [-0.25, -0.2) is 0 Å². The maximum atomic E-state index is 3.49. The van der Waals surface area contributed by atoms with Crippen LogP contribution in [0.5, 0.6) is 0 Å². The minimum atomic E-state index is 0.456. The average Bonchev–Trinajstić information content (AvgIpc) is 2.36. The molecule has 0 bridgehead atoms. The monoisotopic (exact) mass is 324 g/mol. The third kappa shape index (κ3) is 4.59. The Morgan fingerprint density at radius 3 is 2.53 bits per heavy atom. The van der Waals surface area contributed by atoms with Gasteiger partial charge in [0.1, 0.15) is 0 Å². The van der Waals surface area contributed by atoms with Gasteiger partial charge in [-0.1, -0.05) is 34.5 Å². The average molecular weight is 325 g/mol. The minimum Gasteiger partial charge on any atom is -0.313 e. The Labute approximate surface area is 125 Å². The van der Waals surface area contributed by atoms with Crippen molar-refractivity contribution in [2.75, 3.05) is 27.2 Å². The summed E-state index contributed by atoms with van der Waals surface area (Å²) in [5.74, 6) is 0.964. The van der Waals surface area contributed by atoms with Crippen LogP contribution >= 0.6 is 15.9 Å². The fourth-order valence-electron chi connectivity index (χ4n) is 2.73. The molecule has 0 spiro atoms. The molecule has 0 radical (unpaired) electrons. The summed E-state index contributed by atoms with van der Waals surface area (Å²) < 4.78 is 1.15. The van der Waals surface area contributed by atoms with E-state index in [-0.39, 0.29) is 0 Å². The molecule has 0 saturated heterocycles. The van der Waals surface area contributed by atoms with Gasteiger partial charge in [0.05, 0.1) is 0 Å². The molecule has 2 rings (SSSR count). The topological polar surface area (TPSA) is 15.3 Å². The highest BCUT2D eigenvalue weighted by atomic mass is 79.9. The van der Waals surface area contributed by atoms with E-state index in [1.807, 2.05) is 0 Å². The highest BCUT2D eigenvalue weighted by Gasteiger charge is 2.19. The molecule has 1 fully saturated rings. The van der Waals surface area contributed by atoms with Gasteiger partial charge in [-0.3, -0.25) is 0 Å². The van der Waals surface area contributed by atoms with E-state index in [1.54, 1.807) is 0 Å². The van der Waals surface area contributed by atoms with Crippen LogP contribution in [0.2, 0.25) is 0 Å². The number of benzene rings is 1. The zero-order chi connectivity index (χ0) is 13.7. The Hall–Kier alpha value is -0.380. The van der Waals surface area contributed by atoms with E-state index in [9.17, 15) is 0 Å². The first-order valence-corrected chi connectivity index (χ1v) is 8.09. The Bertz CT molecular complexity index is 373. The van der Waals surface area contributed by atoms with Gasteiger partial charge in [0.2, 0.25) is 0 Å². The van der Waals surface area contributed by atoms with Crippen molar-refractivity contribution >= 4 is 15.9 Å². The summed E-state index contributed by atoms with van der Waals surface area (Å²) >= 11 is 3.49. The SMILES string of the molecule is CNC(CCN(C)CC1CCC1)c1ccc(Br)cc1. The first kappa shape index (κ1) is 15.0. The van der Waals surface area contributed by atoms with E-state index in [0.717, 1.165) is 16.9 Å². The predicted octanol–water partition coefficient (Wildman–Crippen LogP) is 3.83. The molecule has 19 heavy (non-hydrogen) atoms. The molecule has 1 aliphatic rings. The second kappa shape index (κ2) is 7.41. The summed E-state index contributed by atoms with van der Waals surface area (Å²) in [7, 11) is 4.31. The van der Waals surface area contributed by atoms with Crippen molar-refractivity contribution < 1.29 is 0 Å². The largest absolute Gasteiger partial charge is 0.313 e. The van der Waals surface area contributed by atoms with Gasteiger partial charge >= 0.3 is 0 Å². The van der Waals surface area contributed by atoms with Crippen LogP contribution in [0.3, 0.4) is 0 Å². The zero-order valence-electron chi connectivity index (χ0n) is 12.0. The Morgan fingerprint density at radius 2 is 2.00 bits per heavy atom. The van der Waals surface area contributed by atoms with Crippen molar-refractivity contribution in [1.82, 2.24) is 10.2 Å². The Kier molecular flexibility index (Phi) is 5.86. The van der Waals surface area contributed by atoms with E-state index in [0.29, 0.717) is 6.04 Å². The number of rotatable bonds is 7. The molecular weight excluding hydrogens is 300 g/mol. The normalized spacial score (nSPS) is 17.5. The van der Waals surface area contributed by atoms with Crippen LogP contribution in [-0.2, 0) is 0 Å². The van der Waals surface area contributed by atoms with Gasteiger partial charge in [0, 0.05) is 17.1 Å². The fraction of sp³-hybridized carbons (Fsp3) is 0.625. The van der Waals surface area contributed by atoms with Crippen LogP contribution < -0.4 is 5.32 Å². The number of nitrogens with one attached hydrogen (secondary N) is 1. The number of hydrogen-bond acceptors (Lipinski definition) is 2. The van der Waals surface area contributed by atoms with Gasteiger partial charge in [0.15, 0.2) is 0 Å². The van der Waals surface area contributed by atoms with Gasteiger partial charge in [0.25, 0.3) is 0 Å². The lowest BCUT2D eigenvalue weighted by Crippen LogP contribution is -2.32. The zero-order valence-corrected chi connectivity index (χ0v) is 13.6. The summed E-state index contributed by atoms with van der Waals surface area (Å²) in [5, 5.41) is 3.43. The summed E-state index contributed by atoms with van der Waals surface area (Å²) in [5.41, 5.74) is 1.38. The highest BCUT2D eigenvalue weighted by Crippen LogP contribution is 2.27. The second-order valence-electron chi connectivity index (χ2n) is 5.74. The van der Waals surface area contributed by atoms with Crippen molar-refractivity contribution in [3.8, 4) is 0 Å². The smallest absolute Gasteiger partial charge is 0.0329 e. The lowest BCUT2D eigenvalue weighted by Gasteiger charge is -2.31. The molecule has 0 aromatic heterocycles. The fourth-order valence-corrected chi connectivity index (χ4v) is 2.99. The van der Waals surface area contributed by atoms with Gasteiger partial charge in [-0.2, -0.15) is 0 Å². The Morgan fingerprint density at radius 1 is 1.32 bits per heavy atom. The van der Waals surface area contributed by atoms with Crippen molar-refractivity contribution in [3.05, 3.63) is 34.3 Å². The summed E-state index contributed by atoms with van der Waals surface area (Å²) in [6.07, 6.45) is 5.48. The standard InChI is InChI=1S/C16H25BrN2/c1-18-16(14-6-8-15(17)9-7-14)10-11-19(2)12-13-4-3-5-13/h6-9,13,16,18H,3-5,10-12H2,1-2H3. The molecule has 0 amide bonds. The van der Waals surface area contributed by atoms with E-state index in [1.165, 1.54) is 37.8 Å². The minimum absolute atomic E-state index is 0.456. The summed E-state index contributed by atoms with van der Waals surface area (Å²) in [4.78, 5) is 2.49. The summed E-state index contributed by atoms with van der Waals surface area (Å²) in [6.45, 7) is 2.44. The van der Waals surface area contributed by atoms with E-state index in [4.69, 9.17) is 0 Å². The quantitative estimate of drug-likeness (QED) is 0.820. The molecule has 2 nitrogen and oxygen atoms in total. The second-order valence-corrected chi connectivity index (χ2v) is 6.66.